The van der Waals surface area contributed by atoms with E-state index in [0.717, 1.165) is 36.2 Å². The highest BCUT2D eigenvalue weighted by Gasteiger charge is 2.33. The molecule has 0 radical (unpaired) electrons. The summed E-state index contributed by atoms with van der Waals surface area (Å²) in [4.78, 5) is 23.0. The zero-order chi connectivity index (χ0) is 19.3. The number of rotatable bonds is 4. The molecule has 5 rings (SSSR count). The normalized spacial score (nSPS) is 19.9. The van der Waals surface area contributed by atoms with Gasteiger partial charge in [-0.25, -0.2) is 4.98 Å². The summed E-state index contributed by atoms with van der Waals surface area (Å²) < 4.78 is 7.67. The van der Waals surface area contributed by atoms with Crippen molar-refractivity contribution in [2.45, 2.75) is 44.6 Å². The first-order valence-electron chi connectivity index (χ1n) is 10.1. The molecule has 1 aliphatic heterocycles. The number of hydrogen-bond acceptors (Lipinski definition) is 3. The van der Waals surface area contributed by atoms with Gasteiger partial charge in [-0.2, -0.15) is 0 Å². The summed E-state index contributed by atoms with van der Waals surface area (Å²) in [7, 11) is 1.65. The first-order valence-corrected chi connectivity index (χ1v) is 10.1. The van der Waals surface area contributed by atoms with Crippen LogP contribution >= 0.6 is 0 Å². The number of nitrogens with one attached hydrogen (secondary N) is 1. The van der Waals surface area contributed by atoms with E-state index in [0.29, 0.717) is 17.7 Å². The summed E-state index contributed by atoms with van der Waals surface area (Å²) in [6.07, 6.45) is 6.76. The first kappa shape index (κ1) is 17.3. The number of hydrogen-bond donors (Lipinski definition) is 1. The maximum absolute atomic E-state index is 13.1. The number of likely N-dealkylation sites (tertiary alicyclic amines) is 1. The molecule has 1 saturated carbocycles. The van der Waals surface area contributed by atoms with Crippen molar-refractivity contribution < 1.29 is 9.53 Å². The summed E-state index contributed by atoms with van der Waals surface area (Å²) in [6, 6.07) is 8.09. The van der Waals surface area contributed by atoms with Crippen molar-refractivity contribution in [3.8, 4) is 5.75 Å². The number of amides is 1. The predicted octanol–water partition coefficient (Wildman–Crippen LogP) is 4.04. The molecule has 1 atom stereocenters. The molecule has 1 amide bonds. The molecular formula is C22H26N4O2. The number of benzene rings is 1. The quantitative estimate of drug-likeness (QED) is 0.745. The van der Waals surface area contributed by atoms with Crippen LogP contribution in [0.1, 0.15) is 59.6 Å². The lowest BCUT2D eigenvalue weighted by Gasteiger charge is -2.28. The molecule has 2 fully saturated rings. The van der Waals surface area contributed by atoms with Gasteiger partial charge < -0.3 is 19.2 Å². The van der Waals surface area contributed by atoms with Gasteiger partial charge in [0.05, 0.1) is 13.2 Å². The van der Waals surface area contributed by atoms with Crippen LogP contribution in [-0.2, 0) is 0 Å². The molecule has 1 saturated heterocycles. The number of aryl methyl sites for hydroxylation is 1. The van der Waals surface area contributed by atoms with Crippen LogP contribution in [0.25, 0.3) is 10.9 Å². The highest BCUT2D eigenvalue weighted by molar-refractivity contribution is 5.98. The minimum Gasteiger partial charge on any atom is -0.497 e. The van der Waals surface area contributed by atoms with E-state index in [-0.39, 0.29) is 5.91 Å². The number of methoxy groups -OCH3 is 1. The summed E-state index contributed by atoms with van der Waals surface area (Å²) in [6.45, 7) is 3.66. The second-order valence-corrected chi connectivity index (χ2v) is 8.09. The molecular weight excluding hydrogens is 352 g/mol. The average Bonchev–Trinajstić information content (AvgIpc) is 3.37. The van der Waals surface area contributed by atoms with Crippen molar-refractivity contribution >= 4 is 16.8 Å². The van der Waals surface area contributed by atoms with Crippen LogP contribution in [0.2, 0.25) is 0 Å². The Balaban J connectivity index is 1.36. The third kappa shape index (κ3) is 2.79. The molecule has 1 aliphatic carbocycles. The third-order valence-corrected chi connectivity index (χ3v) is 6.36. The molecule has 3 heterocycles. The van der Waals surface area contributed by atoms with Crippen molar-refractivity contribution in [2.75, 3.05) is 20.2 Å². The molecule has 6 heteroatoms. The van der Waals surface area contributed by atoms with Gasteiger partial charge in [0, 0.05) is 47.9 Å². The lowest BCUT2D eigenvalue weighted by atomic mass is 9.84. The Morgan fingerprint density at radius 1 is 1.25 bits per heavy atom. The molecule has 2 aromatic heterocycles. The van der Waals surface area contributed by atoms with Crippen molar-refractivity contribution in [2.24, 2.45) is 0 Å². The minimum absolute atomic E-state index is 0.0700. The van der Waals surface area contributed by atoms with Gasteiger partial charge >= 0.3 is 0 Å². The van der Waals surface area contributed by atoms with Crippen LogP contribution < -0.4 is 4.74 Å². The van der Waals surface area contributed by atoms with Gasteiger partial charge in [-0.05, 0) is 44.4 Å². The fourth-order valence-corrected chi connectivity index (χ4v) is 4.56. The van der Waals surface area contributed by atoms with E-state index in [4.69, 9.17) is 9.72 Å². The van der Waals surface area contributed by atoms with Gasteiger partial charge in [-0.3, -0.25) is 4.79 Å². The molecule has 1 unspecified atom stereocenters. The van der Waals surface area contributed by atoms with E-state index in [2.05, 4.69) is 16.5 Å². The molecule has 1 aromatic carbocycles. The monoisotopic (exact) mass is 378 g/mol. The Bertz CT molecular complexity index is 1030. The molecule has 146 valence electrons. The molecule has 2 aliphatic rings. The van der Waals surface area contributed by atoms with E-state index >= 15 is 0 Å². The van der Waals surface area contributed by atoms with Crippen LogP contribution in [-0.4, -0.2) is 45.5 Å². The topological polar surface area (TPSA) is 63.1 Å². The van der Waals surface area contributed by atoms with Crippen LogP contribution in [0.15, 0.2) is 30.5 Å². The van der Waals surface area contributed by atoms with E-state index in [1.54, 1.807) is 7.11 Å². The highest BCUT2D eigenvalue weighted by Crippen LogP contribution is 2.38. The maximum atomic E-state index is 13.1. The van der Waals surface area contributed by atoms with Gasteiger partial charge in [-0.15, -0.1) is 0 Å². The molecule has 0 spiro atoms. The predicted molar refractivity (Wildman–Crippen MR) is 108 cm³/mol. The number of aromatic amines is 1. The number of carbonyl (C=O) groups excluding carboxylic acids is 1. The van der Waals surface area contributed by atoms with E-state index in [9.17, 15) is 4.79 Å². The first-order chi connectivity index (χ1) is 13.6. The Hall–Kier alpha value is -2.76. The molecule has 6 nitrogen and oxygen atoms in total. The van der Waals surface area contributed by atoms with Crippen LogP contribution in [0.3, 0.4) is 0 Å². The Kier molecular flexibility index (Phi) is 4.14. The number of ether oxygens (including phenoxy) is 1. The number of imidazole rings is 1. The Labute approximate surface area is 164 Å². The molecule has 3 aromatic rings. The smallest absolute Gasteiger partial charge is 0.270 e. The van der Waals surface area contributed by atoms with Gasteiger partial charge in [0.2, 0.25) is 0 Å². The minimum atomic E-state index is 0.0700. The van der Waals surface area contributed by atoms with Crippen molar-refractivity contribution in [3.63, 3.8) is 0 Å². The number of H-pyrrole nitrogens is 1. The van der Waals surface area contributed by atoms with Crippen LogP contribution in [0, 0.1) is 6.92 Å². The lowest BCUT2D eigenvalue weighted by Crippen LogP contribution is -2.30. The summed E-state index contributed by atoms with van der Waals surface area (Å²) in [5, 5.41) is 1.03. The maximum Gasteiger partial charge on any atom is 0.270 e. The Morgan fingerprint density at radius 2 is 2.11 bits per heavy atom. The largest absolute Gasteiger partial charge is 0.497 e. The standard InChI is InChI=1S/C22H26N4O2/c1-14-12-23-21(15-4-3-5-15)26(14)17-8-9-25(13-17)22(27)20-10-16-6-7-18(28-2)11-19(16)24-20/h6-7,10-12,15,17,24H,3-5,8-9,13H2,1-2H3. The number of carbonyl (C=O) groups is 1. The fourth-order valence-electron chi connectivity index (χ4n) is 4.56. The van der Waals surface area contributed by atoms with E-state index in [1.165, 1.54) is 30.8 Å². The van der Waals surface area contributed by atoms with Crippen molar-refractivity contribution in [1.29, 1.82) is 0 Å². The third-order valence-electron chi connectivity index (χ3n) is 6.36. The van der Waals surface area contributed by atoms with Crippen LogP contribution in [0.5, 0.6) is 5.75 Å². The molecule has 0 bridgehead atoms. The van der Waals surface area contributed by atoms with Gasteiger partial charge in [-0.1, -0.05) is 6.42 Å². The zero-order valence-corrected chi connectivity index (χ0v) is 16.4. The number of aromatic nitrogens is 3. The second-order valence-electron chi connectivity index (χ2n) is 8.09. The van der Waals surface area contributed by atoms with E-state index in [1.807, 2.05) is 35.4 Å². The van der Waals surface area contributed by atoms with Crippen molar-refractivity contribution in [3.05, 3.63) is 47.7 Å². The summed E-state index contributed by atoms with van der Waals surface area (Å²) >= 11 is 0. The average molecular weight is 378 g/mol. The van der Waals surface area contributed by atoms with Gasteiger partial charge in [0.1, 0.15) is 17.3 Å². The van der Waals surface area contributed by atoms with E-state index < -0.39 is 0 Å². The SMILES string of the molecule is COc1ccc2cc(C(=O)N3CCC(n4c(C)cnc4C4CCC4)C3)[nH]c2c1. The zero-order valence-electron chi connectivity index (χ0n) is 16.4. The second kappa shape index (κ2) is 6.69. The Morgan fingerprint density at radius 3 is 2.86 bits per heavy atom. The number of fused-ring (bicyclic) bond motifs is 1. The summed E-state index contributed by atoms with van der Waals surface area (Å²) in [5.41, 5.74) is 2.78. The molecule has 1 N–H and O–H groups in total. The lowest BCUT2D eigenvalue weighted by molar-refractivity contribution is 0.0782. The fraction of sp³-hybridized carbons (Fsp3) is 0.455. The summed E-state index contributed by atoms with van der Waals surface area (Å²) in [5.74, 6) is 2.68. The van der Waals surface area contributed by atoms with Gasteiger partial charge in [0.15, 0.2) is 0 Å². The van der Waals surface area contributed by atoms with Gasteiger partial charge in [0.25, 0.3) is 5.91 Å². The highest BCUT2D eigenvalue weighted by atomic mass is 16.5. The number of nitrogens with zero attached hydrogens (tertiary/aromatic N) is 3. The van der Waals surface area contributed by atoms with Crippen molar-refractivity contribution in [1.82, 2.24) is 19.4 Å². The van der Waals surface area contributed by atoms with Crippen LogP contribution in [0.4, 0.5) is 0 Å². The molecule has 28 heavy (non-hydrogen) atoms.